The minimum Gasteiger partial charge on any atom is -0.496 e. The van der Waals surface area contributed by atoms with Crippen molar-refractivity contribution in [3.8, 4) is 28.5 Å². The number of hydrogen-bond acceptors (Lipinski definition) is 4. The Morgan fingerprint density at radius 2 is 1.88 bits per heavy atom. The lowest BCUT2D eigenvalue weighted by atomic mass is 10.1. The number of nitrogens with zero attached hydrogens (tertiary/aromatic N) is 3. The molecule has 2 heterocycles. The summed E-state index contributed by atoms with van der Waals surface area (Å²) in [5, 5.41) is 7.44. The summed E-state index contributed by atoms with van der Waals surface area (Å²) in [5.41, 5.74) is 3.26. The van der Waals surface area contributed by atoms with Crippen molar-refractivity contribution in [2.45, 2.75) is 19.4 Å². The van der Waals surface area contributed by atoms with Gasteiger partial charge in [-0.3, -0.25) is 10.00 Å². The summed E-state index contributed by atoms with van der Waals surface area (Å²) in [4.78, 5) is 7.17. The molecule has 6 heteroatoms. The second-order valence-corrected chi connectivity index (χ2v) is 6.39. The van der Waals surface area contributed by atoms with Crippen LogP contribution in [0.1, 0.15) is 18.4 Å². The number of rotatable bonds is 5. The van der Waals surface area contributed by atoms with Gasteiger partial charge in [0, 0.05) is 12.1 Å². The molecule has 1 fully saturated rings. The number of ether oxygens (including phenoxy) is 1. The zero-order valence-corrected chi connectivity index (χ0v) is 15.6. The Labute approximate surface area is 159 Å². The quantitative estimate of drug-likeness (QED) is 0.732. The molecule has 0 bridgehead atoms. The third-order valence-electron chi connectivity index (χ3n) is 4.64. The second-order valence-electron chi connectivity index (χ2n) is 6.39. The molecule has 136 valence electrons. The fourth-order valence-corrected chi connectivity index (χ4v) is 3.36. The molecule has 0 unspecified atom stereocenters. The van der Waals surface area contributed by atoms with E-state index < -0.39 is 0 Å². The van der Waals surface area contributed by atoms with E-state index in [2.05, 4.69) is 44.3 Å². The number of likely N-dealkylation sites (tertiary alicyclic amines) is 1. The third kappa shape index (κ3) is 3.89. The monoisotopic (exact) mass is 370 g/mol. The normalized spacial score (nSPS) is 14.2. The van der Waals surface area contributed by atoms with Crippen molar-refractivity contribution >= 4 is 12.4 Å². The minimum atomic E-state index is 0. The molecule has 3 aromatic rings. The molecule has 0 atom stereocenters. The lowest BCUT2D eigenvalue weighted by Crippen LogP contribution is -2.18. The van der Waals surface area contributed by atoms with E-state index in [0.717, 1.165) is 29.2 Å². The zero-order valence-electron chi connectivity index (χ0n) is 14.8. The average Bonchev–Trinajstić information content (AvgIpc) is 3.34. The topological polar surface area (TPSA) is 54.0 Å². The Kier molecular flexibility index (Phi) is 5.91. The van der Waals surface area contributed by atoms with Crippen LogP contribution >= 0.6 is 12.4 Å². The van der Waals surface area contributed by atoms with Crippen LogP contribution in [-0.2, 0) is 6.54 Å². The predicted octanol–water partition coefficient (Wildman–Crippen LogP) is 4.16. The predicted molar refractivity (Wildman–Crippen MR) is 106 cm³/mol. The maximum Gasteiger partial charge on any atom is 0.181 e. The van der Waals surface area contributed by atoms with Gasteiger partial charge in [0.1, 0.15) is 5.75 Å². The highest BCUT2D eigenvalue weighted by molar-refractivity contribution is 5.85. The molecule has 1 N–H and O–H groups in total. The molecular weight excluding hydrogens is 348 g/mol. The standard InChI is InChI=1S/C20H22N4O.ClH/c1-25-18-10-3-2-9-17(18)20-21-19(22-23-20)16-8-6-7-15(13-16)14-24-11-4-5-12-24;/h2-3,6-10,13H,4-5,11-12,14H2,1H3,(H,21,22,23);1H. The second kappa shape index (κ2) is 8.34. The fraction of sp³-hybridized carbons (Fsp3) is 0.300. The maximum atomic E-state index is 5.41. The van der Waals surface area contributed by atoms with Crippen molar-refractivity contribution in [1.82, 2.24) is 20.1 Å². The van der Waals surface area contributed by atoms with Gasteiger partial charge in [0.05, 0.1) is 12.7 Å². The van der Waals surface area contributed by atoms with Crippen LogP contribution in [0.5, 0.6) is 5.75 Å². The van der Waals surface area contributed by atoms with Crippen LogP contribution in [0.4, 0.5) is 0 Å². The summed E-state index contributed by atoms with van der Waals surface area (Å²) in [5.74, 6) is 2.22. The summed E-state index contributed by atoms with van der Waals surface area (Å²) in [6.45, 7) is 3.39. The van der Waals surface area contributed by atoms with Crippen molar-refractivity contribution in [2.24, 2.45) is 0 Å². The van der Waals surface area contributed by atoms with Gasteiger partial charge >= 0.3 is 0 Å². The lowest BCUT2D eigenvalue weighted by Gasteiger charge is -2.14. The van der Waals surface area contributed by atoms with E-state index in [-0.39, 0.29) is 12.4 Å². The first-order valence-electron chi connectivity index (χ1n) is 8.71. The summed E-state index contributed by atoms with van der Waals surface area (Å²) in [6, 6.07) is 16.3. The molecule has 0 aliphatic carbocycles. The van der Waals surface area contributed by atoms with E-state index in [1.807, 2.05) is 24.3 Å². The molecule has 1 aliphatic heterocycles. The van der Waals surface area contributed by atoms with Crippen molar-refractivity contribution in [3.05, 3.63) is 54.1 Å². The number of benzene rings is 2. The first-order chi connectivity index (χ1) is 12.3. The molecule has 0 radical (unpaired) electrons. The highest BCUT2D eigenvalue weighted by Crippen LogP contribution is 2.28. The number of aromatic nitrogens is 3. The summed E-state index contributed by atoms with van der Waals surface area (Å²) >= 11 is 0. The van der Waals surface area contributed by atoms with Crippen LogP contribution in [0.2, 0.25) is 0 Å². The van der Waals surface area contributed by atoms with Crippen molar-refractivity contribution in [1.29, 1.82) is 0 Å². The van der Waals surface area contributed by atoms with Crippen LogP contribution < -0.4 is 4.74 Å². The van der Waals surface area contributed by atoms with Crippen LogP contribution in [0.15, 0.2) is 48.5 Å². The Balaban J connectivity index is 0.00000196. The number of nitrogens with one attached hydrogen (secondary N) is 1. The lowest BCUT2D eigenvalue weighted by molar-refractivity contribution is 0.331. The number of halogens is 1. The number of para-hydroxylation sites is 1. The first-order valence-corrected chi connectivity index (χ1v) is 8.71. The van der Waals surface area contributed by atoms with Crippen LogP contribution in [0.3, 0.4) is 0 Å². The average molecular weight is 371 g/mol. The number of H-pyrrole nitrogens is 1. The van der Waals surface area contributed by atoms with Gasteiger partial charge in [0.25, 0.3) is 0 Å². The highest BCUT2D eigenvalue weighted by atomic mass is 35.5. The van der Waals surface area contributed by atoms with E-state index >= 15 is 0 Å². The SMILES string of the molecule is COc1ccccc1-c1nc(-c2cccc(CN3CCCC3)c2)n[nH]1.Cl. The van der Waals surface area contributed by atoms with Crippen molar-refractivity contribution in [3.63, 3.8) is 0 Å². The van der Waals surface area contributed by atoms with Crippen LogP contribution in [-0.4, -0.2) is 40.3 Å². The molecular formula is C20H23ClN4O. The largest absolute Gasteiger partial charge is 0.496 e. The van der Waals surface area contributed by atoms with E-state index in [1.54, 1.807) is 7.11 Å². The number of hydrogen-bond donors (Lipinski definition) is 1. The van der Waals surface area contributed by atoms with Gasteiger partial charge < -0.3 is 4.74 Å². The Morgan fingerprint density at radius 3 is 2.69 bits per heavy atom. The van der Waals surface area contributed by atoms with Gasteiger partial charge in [0.15, 0.2) is 11.6 Å². The van der Waals surface area contributed by atoms with E-state index in [9.17, 15) is 0 Å². The molecule has 26 heavy (non-hydrogen) atoms. The molecule has 1 aliphatic rings. The maximum absolute atomic E-state index is 5.41. The number of methoxy groups -OCH3 is 1. The molecule has 0 saturated carbocycles. The first kappa shape index (κ1) is 18.4. The Morgan fingerprint density at radius 1 is 1.08 bits per heavy atom. The van der Waals surface area contributed by atoms with Gasteiger partial charge in [0.2, 0.25) is 0 Å². The van der Waals surface area contributed by atoms with Gasteiger partial charge in [-0.25, -0.2) is 4.98 Å². The molecule has 0 spiro atoms. The fourth-order valence-electron chi connectivity index (χ4n) is 3.36. The zero-order chi connectivity index (χ0) is 17.1. The van der Waals surface area contributed by atoms with Crippen LogP contribution in [0, 0.1) is 0 Å². The van der Waals surface area contributed by atoms with Crippen LogP contribution in [0.25, 0.3) is 22.8 Å². The highest BCUT2D eigenvalue weighted by Gasteiger charge is 2.14. The Bertz CT molecular complexity index is 858. The van der Waals surface area contributed by atoms with Gasteiger partial charge in [-0.2, -0.15) is 5.10 Å². The van der Waals surface area contributed by atoms with Gasteiger partial charge in [-0.1, -0.05) is 30.3 Å². The van der Waals surface area contributed by atoms with Crippen molar-refractivity contribution < 1.29 is 4.74 Å². The molecule has 0 amide bonds. The molecule has 4 rings (SSSR count). The molecule has 1 aromatic heterocycles. The minimum absolute atomic E-state index is 0. The smallest absolute Gasteiger partial charge is 0.181 e. The molecule has 5 nitrogen and oxygen atoms in total. The third-order valence-corrected chi connectivity index (χ3v) is 4.64. The Hall–Kier alpha value is -2.37. The summed E-state index contributed by atoms with van der Waals surface area (Å²) in [6.07, 6.45) is 2.62. The molecule has 2 aromatic carbocycles. The summed E-state index contributed by atoms with van der Waals surface area (Å²) in [7, 11) is 1.66. The van der Waals surface area contributed by atoms with Crippen molar-refractivity contribution in [2.75, 3.05) is 20.2 Å². The molecule has 1 saturated heterocycles. The summed E-state index contributed by atoms with van der Waals surface area (Å²) < 4.78 is 5.41. The number of aromatic amines is 1. The van der Waals surface area contributed by atoms with Gasteiger partial charge in [-0.15, -0.1) is 12.4 Å². The van der Waals surface area contributed by atoms with E-state index in [4.69, 9.17) is 4.74 Å². The van der Waals surface area contributed by atoms with Gasteiger partial charge in [-0.05, 0) is 49.7 Å². The van der Waals surface area contributed by atoms with E-state index in [1.165, 1.54) is 31.5 Å². The van der Waals surface area contributed by atoms with E-state index in [0.29, 0.717) is 5.82 Å².